The summed E-state index contributed by atoms with van der Waals surface area (Å²) in [6.07, 6.45) is 0. The van der Waals surface area contributed by atoms with Gasteiger partial charge in [-0.3, -0.25) is 9.59 Å². The summed E-state index contributed by atoms with van der Waals surface area (Å²) < 4.78 is 6.56. The molecule has 0 fully saturated rings. The number of aromatic nitrogens is 1. The number of esters is 1. The number of nitrogens with zero attached hydrogens (tertiary/aromatic N) is 3. The highest BCUT2D eigenvalue weighted by Gasteiger charge is 2.16. The topological polar surface area (TPSA) is 93.2 Å². The predicted molar refractivity (Wildman–Crippen MR) is 91.2 cm³/mol. The van der Waals surface area contributed by atoms with Crippen molar-refractivity contribution in [3.8, 4) is 11.6 Å². The van der Waals surface area contributed by atoms with Gasteiger partial charge < -0.3 is 14.4 Å². The number of para-hydroxylation sites is 2. The van der Waals surface area contributed by atoms with Crippen LogP contribution in [0.25, 0.3) is 10.9 Å². The van der Waals surface area contributed by atoms with Crippen LogP contribution in [0.5, 0.6) is 11.6 Å². The van der Waals surface area contributed by atoms with E-state index in [1.54, 1.807) is 35.9 Å². The second kappa shape index (κ2) is 6.56. The molecule has 0 aliphatic heterocycles. The van der Waals surface area contributed by atoms with Crippen LogP contribution in [-0.4, -0.2) is 21.6 Å². The Morgan fingerprint density at radius 3 is 2.52 bits per heavy atom. The standard InChI is InChI=1S/C18H15N3O4/c1-11(22)25-15-10-6-4-8-13(15)17(23)20-19-16-12-7-3-5-9-14(12)21(2)18(16)24/h3-10,24H,1-2H3. The van der Waals surface area contributed by atoms with Gasteiger partial charge in [-0.1, -0.05) is 30.3 Å². The molecule has 2 aromatic carbocycles. The number of aryl methyl sites for hydroxylation is 1. The van der Waals surface area contributed by atoms with Crippen LogP contribution in [0.4, 0.5) is 5.69 Å². The summed E-state index contributed by atoms with van der Waals surface area (Å²) in [5.74, 6) is -1.19. The number of hydrogen-bond acceptors (Lipinski definition) is 5. The maximum Gasteiger partial charge on any atom is 0.308 e. The second-order valence-corrected chi connectivity index (χ2v) is 5.34. The zero-order valence-electron chi connectivity index (χ0n) is 13.6. The molecular formula is C18H15N3O4. The first kappa shape index (κ1) is 16.4. The normalized spacial score (nSPS) is 11.1. The zero-order valence-corrected chi connectivity index (χ0v) is 13.6. The lowest BCUT2D eigenvalue weighted by Gasteiger charge is -2.04. The fraction of sp³-hybridized carbons (Fsp3) is 0.111. The lowest BCUT2D eigenvalue weighted by atomic mass is 10.2. The van der Waals surface area contributed by atoms with Gasteiger partial charge in [0, 0.05) is 19.4 Å². The van der Waals surface area contributed by atoms with Gasteiger partial charge in [-0.05, 0) is 18.2 Å². The van der Waals surface area contributed by atoms with E-state index < -0.39 is 11.9 Å². The SMILES string of the molecule is CC(=O)Oc1ccccc1C(=O)N=Nc1c(O)n(C)c2ccccc12. The van der Waals surface area contributed by atoms with E-state index in [0.717, 1.165) is 5.52 Å². The lowest BCUT2D eigenvalue weighted by Crippen LogP contribution is -2.06. The fourth-order valence-electron chi connectivity index (χ4n) is 2.49. The molecule has 0 unspecified atom stereocenters. The number of carbonyl (C=O) groups excluding carboxylic acids is 2. The van der Waals surface area contributed by atoms with E-state index in [-0.39, 0.29) is 22.9 Å². The highest BCUT2D eigenvalue weighted by molar-refractivity contribution is 5.99. The molecule has 25 heavy (non-hydrogen) atoms. The van der Waals surface area contributed by atoms with Gasteiger partial charge in [-0.15, -0.1) is 10.2 Å². The van der Waals surface area contributed by atoms with Crippen molar-refractivity contribution in [1.29, 1.82) is 0 Å². The minimum Gasteiger partial charge on any atom is -0.493 e. The Bertz CT molecular complexity index is 1000. The molecule has 0 aliphatic carbocycles. The number of rotatable bonds is 3. The number of aromatic hydroxyl groups is 1. The maximum absolute atomic E-state index is 12.3. The molecule has 0 saturated heterocycles. The summed E-state index contributed by atoms with van der Waals surface area (Å²) in [6, 6.07) is 13.5. The Hall–Kier alpha value is -3.48. The first-order chi connectivity index (χ1) is 12.0. The largest absolute Gasteiger partial charge is 0.493 e. The molecule has 7 heteroatoms. The number of fused-ring (bicyclic) bond motifs is 1. The molecule has 1 amide bonds. The molecule has 1 aromatic heterocycles. The molecule has 1 heterocycles. The molecular weight excluding hydrogens is 322 g/mol. The molecule has 0 saturated carbocycles. The molecule has 3 rings (SSSR count). The number of azo groups is 1. The maximum atomic E-state index is 12.3. The Morgan fingerprint density at radius 1 is 1.08 bits per heavy atom. The minimum atomic E-state index is -0.677. The van der Waals surface area contributed by atoms with Crippen LogP contribution in [0.2, 0.25) is 0 Å². The van der Waals surface area contributed by atoms with Crippen molar-refractivity contribution in [3.05, 3.63) is 54.1 Å². The van der Waals surface area contributed by atoms with Crippen molar-refractivity contribution in [2.45, 2.75) is 6.92 Å². The second-order valence-electron chi connectivity index (χ2n) is 5.34. The van der Waals surface area contributed by atoms with E-state index in [1.165, 1.54) is 19.1 Å². The van der Waals surface area contributed by atoms with Crippen molar-refractivity contribution in [1.82, 2.24) is 4.57 Å². The molecule has 0 spiro atoms. The van der Waals surface area contributed by atoms with Gasteiger partial charge in [-0.2, -0.15) is 0 Å². The van der Waals surface area contributed by atoms with Gasteiger partial charge in [0.25, 0.3) is 5.91 Å². The average Bonchev–Trinajstić information content (AvgIpc) is 2.84. The van der Waals surface area contributed by atoms with Crippen LogP contribution in [0.3, 0.4) is 0 Å². The molecule has 0 aliphatic rings. The predicted octanol–water partition coefficient (Wildman–Crippen LogP) is 3.73. The first-order valence-electron chi connectivity index (χ1n) is 7.49. The van der Waals surface area contributed by atoms with Crippen molar-refractivity contribution >= 4 is 28.5 Å². The van der Waals surface area contributed by atoms with Crippen LogP contribution in [-0.2, 0) is 11.8 Å². The van der Waals surface area contributed by atoms with Crippen molar-refractivity contribution in [2.75, 3.05) is 0 Å². The quantitative estimate of drug-likeness (QED) is 0.447. The van der Waals surface area contributed by atoms with Gasteiger partial charge >= 0.3 is 5.97 Å². The average molecular weight is 337 g/mol. The number of ether oxygens (including phenoxy) is 1. The summed E-state index contributed by atoms with van der Waals surface area (Å²) in [5.41, 5.74) is 1.08. The van der Waals surface area contributed by atoms with E-state index >= 15 is 0 Å². The summed E-state index contributed by atoms with van der Waals surface area (Å²) in [6.45, 7) is 1.25. The fourth-order valence-corrected chi connectivity index (χ4v) is 2.49. The smallest absolute Gasteiger partial charge is 0.308 e. The first-order valence-corrected chi connectivity index (χ1v) is 7.49. The van der Waals surface area contributed by atoms with E-state index in [2.05, 4.69) is 10.2 Å². The Labute approximate surface area is 143 Å². The Balaban J connectivity index is 1.97. The van der Waals surface area contributed by atoms with Crippen LogP contribution in [0.15, 0.2) is 58.8 Å². The van der Waals surface area contributed by atoms with Crippen LogP contribution >= 0.6 is 0 Å². The number of benzene rings is 2. The molecule has 0 atom stereocenters. The van der Waals surface area contributed by atoms with Gasteiger partial charge in [-0.25, -0.2) is 0 Å². The molecule has 7 nitrogen and oxygen atoms in total. The van der Waals surface area contributed by atoms with E-state index in [4.69, 9.17) is 4.74 Å². The molecule has 0 bridgehead atoms. The Morgan fingerprint density at radius 2 is 1.76 bits per heavy atom. The molecule has 126 valence electrons. The van der Waals surface area contributed by atoms with Gasteiger partial charge in [0.15, 0.2) is 5.69 Å². The summed E-state index contributed by atoms with van der Waals surface area (Å²) in [4.78, 5) is 23.5. The van der Waals surface area contributed by atoms with E-state index in [1.807, 2.05) is 12.1 Å². The third-order valence-corrected chi connectivity index (χ3v) is 3.66. The Kier molecular flexibility index (Phi) is 4.30. The third-order valence-electron chi connectivity index (χ3n) is 3.66. The zero-order chi connectivity index (χ0) is 18.0. The van der Waals surface area contributed by atoms with Crippen molar-refractivity contribution in [2.24, 2.45) is 17.3 Å². The third kappa shape index (κ3) is 3.12. The monoisotopic (exact) mass is 337 g/mol. The number of amides is 1. The highest BCUT2D eigenvalue weighted by atomic mass is 16.5. The van der Waals surface area contributed by atoms with E-state index in [0.29, 0.717) is 5.39 Å². The van der Waals surface area contributed by atoms with Crippen molar-refractivity contribution < 1.29 is 19.4 Å². The van der Waals surface area contributed by atoms with Gasteiger partial charge in [0.1, 0.15) is 5.75 Å². The summed E-state index contributed by atoms with van der Waals surface area (Å²) in [5, 5.41) is 18.5. The molecule has 0 radical (unpaired) electrons. The lowest BCUT2D eigenvalue weighted by molar-refractivity contribution is -0.131. The van der Waals surface area contributed by atoms with Gasteiger partial charge in [0.2, 0.25) is 5.88 Å². The number of hydrogen-bond donors (Lipinski definition) is 1. The van der Waals surface area contributed by atoms with Crippen LogP contribution in [0, 0.1) is 0 Å². The molecule has 3 aromatic rings. The van der Waals surface area contributed by atoms with Crippen molar-refractivity contribution in [3.63, 3.8) is 0 Å². The highest BCUT2D eigenvalue weighted by Crippen LogP contribution is 2.37. The van der Waals surface area contributed by atoms with E-state index in [9.17, 15) is 14.7 Å². The summed E-state index contributed by atoms with van der Waals surface area (Å²) in [7, 11) is 1.69. The number of carbonyl (C=O) groups is 2. The van der Waals surface area contributed by atoms with Gasteiger partial charge in [0.05, 0.1) is 11.1 Å². The van der Waals surface area contributed by atoms with Crippen LogP contribution < -0.4 is 4.74 Å². The summed E-state index contributed by atoms with van der Waals surface area (Å²) >= 11 is 0. The minimum absolute atomic E-state index is 0.0916. The van der Waals surface area contributed by atoms with Crippen LogP contribution in [0.1, 0.15) is 17.3 Å². The molecule has 1 N–H and O–H groups in total.